The Morgan fingerprint density at radius 2 is 1.89 bits per heavy atom. The first-order valence-electron chi connectivity index (χ1n) is 9.41. The van der Waals surface area contributed by atoms with Crippen LogP contribution in [0.15, 0.2) is 36.5 Å². The van der Waals surface area contributed by atoms with E-state index in [2.05, 4.69) is 10.2 Å². The van der Waals surface area contributed by atoms with Crippen molar-refractivity contribution in [1.29, 1.82) is 0 Å². The van der Waals surface area contributed by atoms with E-state index in [0.717, 1.165) is 24.4 Å². The van der Waals surface area contributed by atoms with Gasteiger partial charge in [-0.05, 0) is 30.7 Å². The van der Waals surface area contributed by atoms with E-state index < -0.39 is 0 Å². The normalized spacial score (nSPS) is 15.8. The van der Waals surface area contributed by atoms with Gasteiger partial charge in [0.25, 0.3) is 5.91 Å². The second-order valence-electron chi connectivity index (χ2n) is 6.93. The smallest absolute Gasteiger partial charge is 0.267 e. The summed E-state index contributed by atoms with van der Waals surface area (Å²) < 4.78 is 12.4. The van der Waals surface area contributed by atoms with E-state index in [9.17, 15) is 9.59 Å². The molecule has 7 nitrogen and oxygen atoms in total. The first-order valence-corrected chi connectivity index (χ1v) is 9.41. The van der Waals surface area contributed by atoms with E-state index in [-0.39, 0.29) is 17.7 Å². The summed E-state index contributed by atoms with van der Waals surface area (Å²) in [5.74, 6) is 0.551. The highest BCUT2D eigenvalue weighted by atomic mass is 16.5. The molecule has 1 atom stereocenters. The zero-order valence-corrected chi connectivity index (χ0v) is 16.6. The first kappa shape index (κ1) is 20.1. The number of hydrogen-bond acceptors (Lipinski definition) is 5. The van der Waals surface area contributed by atoms with Crippen molar-refractivity contribution in [2.75, 3.05) is 40.0 Å². The molecular weight excluding hydrogens is 358 g/mol. The molecule has 1 aromatic carbocycles. The van der Waals surface area contributed by atoms with Gasteiger partial charge in [-0.25, -0.2) is 0 Å². The standard InChI is InChI=1S/C21H27N3O4/c1-15(25)17-12-19(23(2)14-17)21(26)22-13-20(24-8-10-28-11-9-24)16-4-6-18(27-3)7-5-16/h4-7,12,14,20H,8-11,13H2,1-3H3,(H,22,26). The average molecular weight is 385 g/mol. The van der Waals surface area contributed by atoms with Crippen molar-refractivity contribution in [1.82, 2.24) is 14.8 Å². The van der Waals surface area contributed by atoms with E-state index in [1.807, 2.05) is 24.3 Å². The zero-order valence-electron chi connectivity index (χ0n) is 16.6. The minimum atomic E-state index is -0.193. The SMILES string of the molecule is COc1ccc(C(CNC(=O)c2cc(C(C)=O)cn2C)N2CCOCC2)cc1. The number of nitrogens with one attached hydrogen (secondary N) is 1. The summed E-state index contributed by atoms with van der Waals surface area (Å²) in [6.45, 7) is 4.94. The fourth-order valence-electron chi connectivity index (χ4n) is 3.44. The van der Waals surface area contributed by atoms with Crippen molar-refractivity contribution in [2.45, 2.75) is 13.0 Å². The number of rotatable bonds is 7. The fourth-order valence-corrected chi connectivity index (χ4v) is 3.44. The Labute approximate surface area is 165 Å². The maximum absolute atomic E-state index is 12.7. The molecule has 1 saturated heterocycles. The molecule has 0 bridgehead atoms. The van der Waals surface area contributed by atoms with Crippen LogP contribution in [0.25, 0.3) is 0 Å². The molecule has 0 radical (unpaired) electrons. The molecule has 1 fully saturated rings. The predicted molar refractivity (Wildman–Crippen MR) is 106 cm³/mol. The van der Waals surface area contributed by atoms with Gasteiger partial charge in [-0.1, -0.05) is 12.1 Å². The summed E-state index contributed by atoms with van der Waals surface area (Å²) in [5, 5.41) is 3.03. The number of carbonyl (C=O) groups excluding carboxylic acids is 2. The lowest BCUT2D eigenvalue weighted by Gasteiger charge is -2.35. The third kappa shape index (κ3) is 4.61. The van der Waals surface area contributed by atoms with E-state index in [4.69, 9.17) is 9.47 Å². The molecular formula is C21H27N3O4. The van der Waals surface area contributed by atoms with Gasteiger partial charge in [0, 0.05) is 38.4 Å². The Hall–Kier alpha value is -2.64. The molecule has 150 valence electrons. The van der Waals surface area contributed by atoms with Gasteiger partial charge in [0.1, 0.15) is 11.4 Å². The van der Waals surface area contributed by atoms with Crippen molar-refractivity contribution in [3.05, 3.63) is 53.3 Å². The Kier molecular flexibility index (Phi) is 6.49. The molecule has 2 aromatic rings. The Bertz CT molecular complexity index is 823. The number of amides is 1. The molecule has 7 heteroatoms. The minimum absolute atomic E-state index is 0.0336. The summed E-state index contributed by atoms with van der Waals surface area (Å²) >= 11 is 0. The van der Waals surface area contributed by atoms with Crippen LogP contribution >= 0.6 is 0 Å². The number of ether oxygens (including phenoxy) is 2. The van der Waals surface area contributed by atoms with Crippen molar-refractivity contribution < 1.29 is 19.1 Å². The average Bonchev–Trinajstić information content (AvgIpc) is 3.11. The lowest BCUT2D eigenvalue weighted by Crippen LogP contribution is -2.44. The van der Waals surface area contributed by atoms with Crippen molar-refractivity contribution >= 4 is 11.7 Å². The monoisotopic (exact) mass is 385 g/mol. The number of aromatic nitrogens is 1. The van der Waals surface area contributed by atoms with Crippen LogP contribution in [0.2, 0.25) is 0 Å². The van der Waals surface area contributed by atoms with Gasteiger partial charge < -0.3 is 19.4 Å². The lowest BCUT2D eigenvalue weighted by molar-refractivity contribution is 0.0162. The minimum Gasteiger partial charge on any atom is -0.497 e. The third-order valence-corrected chi connectivity index (χ3v) is 5.09. The summed E-state index contributed by atoms with van der Waals surface area (Å²) in [5.41, 5.74) is 2.12. The Balaban J connectivity index is 1.75. The highest BCUT2D eigenvalue weighted by Gasteiger charge is 2.24. The fraction of sp³-hybridized carbons (Fsp3) is 0.429. The lowest BCUT2D eigenvalue weighted by atomic mass is 10.0. The summed E-state index contributed by atoms with van der Waals surface area (Å²) in [6.07, 6.45) is 1.68. The van der Waals surface area contributed by atoms with Crippen LogP contribution in [-0.4, -0.2) is 61.1 Å². The van der Waals surface area contributed by atoms with Gasteiger partial charge in [-0.15, -0.1) is 0 Å². The quantitative estimate of drug-likeness (QED) is 0.739. The number of methoxy groups -OCH3 is 1. The number of ketones is 1. The van der Waals surface area contributed by atoms with E-state index >= 15 is 0 Å². The number of carbonyl (C=O) groups is 2. The predicted octanol–water partition coefficient (Wildman–Crippen LogP) is 2.04. The summed E-state index contributed by atoms with van der Waals surface area (Å²) in [6, 6.07) is 9.59. The molecule has 28 heavy (non-hydrogen) atoms. The number of Topliss-reactive ketones (excluding diaryl/α,β-unsaturated/α-hetero) is 1. The molecule has 1 unspecified atom stereocenters. The van der Waals surface area contributed by atoms with Crippen molar-refractivity contribution in [2.24, 2.45) is 7.05 Å². The second-order valence-corrected chi connectivity index (χ2v) is 6.93. The zero-order chi connectivity index (χ0) is 20.1. The number of nitrogens with zero attached hydrogens (tertiary/aromatic N) is 2. The van der Waals surface area contributed by atoms with Crippen LogP contribution in [0.4, 0.5) is 0 Å². The van der Waals surface area contributed by atoms with Crippen molar-refractivity contribution in [3.8, 4) is 5.75 Å². The number of benzene rings is 1. The molecule has 2 heterocycles. The molecule has 1 aromatic heterocycles. The molecule has 1 N–H and O–H groups in total. The summed E-state index contributed by atoms with van der Waals surface area (Å²) in [4.78, 5) is 26.6. The molecule has 0 aliphatic carbocycles. The van der Waals surface area contributed by atoms with Crippen LogP contribution in [0.1, 0.15) is 39.4 Å². The highest BCUT2D eigenvalue weighted by Crippen LogP contribution is 2.24. The van der Waals surface area contributed by atoms with Crippen LogP contribution in [0.3, 0.4) is 0 Å². The molecule has 1 aliphatic rings. The Morgan fingerprint density at radius 3 is 2.46 bits per heavy atom. The van der Waals surface area contributed by atoms with Crippen molar-refractivity contribution in [3.63, 3.8) is 0 Å². The number of hydrogen-bond donors (Lipinski definition) is 1. The van der Waals surface area contributed by atoms with Gasteiger partial charge >= 0.3 is 0 Å². The van der Waals surface area contributed by atoms with E-state index in [0.29, 0.717) is 31.0 Å². The summed E-state index contributed by atoms with van der Waals surface area (Å²) in [7, 11) is 3.41. The maximum atomic E-state index is 12.7. The van der Waals surface area contributed by atoms with Gasteiger partial charge in [0.15, 0.2) is 5.78 Å². The molecule has 3 rings (SSSR count). The van der Waals surface area contributed by atoms with Gasteiger partial charge in [-0.3, -0.25) is 14.5 Å². The maximum Gasteiger partial charge on any atom is 0.267 e. The van der Waals surface area contributed by atoms with E-state index in [1.165, 1.54) is 6.92 Å². The number of morpholine rings is 1. The molecule has 1 amide bonds. The van der Waals surface area contributed by atoms with Gasteiger partial charge in [0.05, 0.1) is 26.4 Å². The number of aryl methyl sites for hydroxylation is 1. The van der Waals surface area contributed by atoms with Crippen LogP contribution in [0.5, 0.6) is 5.75 Å². The molecule has 1 aliphatic heterocycles. The molecule has 0 spiro atoms. The largest absolute Gasteiger partial charge is 0.497 e. The topological polar surface area (TPSA) is 72.8 Å². The Morgan fingerprint density at radius 1 is 1.21 bits per heavy atom. The first-order chi connectivity index (χ1) is 13.5. The van der Waals surface area contributed by atoms with Crippen LogP contribution in [-0.2, 0) is 11.8 Å². The molecule has 0 saturated carbocycles. The van der Waals surface area contributed by atoms with Crippen LogP contribution in [0, 0.1) is 0 Å². The van der Waals surface area contributed by atoms with Gasteiger partial charge in [-0.2, -0.15) is 0 Å². The second kappa shape index (κ2) is 9.03. The van der Waals surface area contributed by atoms with Gasteiger partial charge in [0.2, 0.25) is 0 Å². The van der Waals surface area contributed by atoms with E-state index in [1.54, 1.807) is 31.0 Å². The third-order valence-electron chi connectivity index (χ3n) is 5.09. The highest BCUT2D eigenvalue weighted by molar-refractivity contribution is 5.99. The van der Waals surface area contributed by atoms with Crippen LogP contribution < -0.4 is 10.1 Å².